The molecule has 6 aromatic rings. The molecule has 22 heteroatoms. The summed E-state index contributed by atoms with van der Waals surface area (Å²) in [6.07, 6.45) is 21.8. The van der Waals surface area contributed by atoms with Gasteiger partial charge in [0.15, 0.2) is 0 Å². The topological polar surface area (TPSA) is 224 Å². The molecule has 12 rings (SSSR count). The fourth-order valence-electron chi connectivity index (χ4n) is 17.8. The van der Waals surface area contributed by atoms with E-state index < -0.39 is 35.6 Å². The van der Waals surface area contributed by atoms with Crippen molar-refractivity contribution < 1.29 is 75.8 Å². The van der Waals surface area contributed by atoms with E-state index in [2.05, 4.69) is 44.8 Å². The monoisotopic (exact) mass is 1500 g/mol. The number of carbonyl (C=O) groups is 6. The number of aromatic nitrogens is 3. The summed E-state index contributed by atoms with van der Waals surface area (Å²) < 4.78 is 63.3. The first-order chi connectivity index (χ1) is 49.3. The lowest BCUT2D eigenvalue weighted by Gasteiger charge is -2.43. The predicted molar refractivity (Wildman–Crippen MR) is 418 cm³/mol. The van der Waals surface area contributed by atoms with Gasteiger partial charge in [-0.1, -0.05) is 41.5 Å². The van der Waals surface area contributed by atoms with Crippen molar-refractivity contribution in [2.75, 3.05) is 41.0 Å². The molecule has 6 heterocycles. The summed E-state index contributed by atoms with van der Waals surface area (Å²) in [4.78, 5) is 80.4. The number of halogens is 3. The van der Waals surface area contributed by atoms with Gasteiger partial charge in [0.25, 0.3) is 0 Å². The minimum absolute atomic E-state index is 0. The van der Waals surface area contributed by atoms with Gasteiger partial charge in [-0.2, -0.15) is 13.2 Å². The molecular weight excluding hydrogens is 1370 g/mol. The van der Waals surface area contributed by atoms with E-state index in [1.807, 2.05) is 86.0 Å². The third-order valence-electron chi connectivity index (χ3n) is 22.8. The van der Waals surface area contributed by atoms with Crippen molar-refractivity contribution in [2.24, 2.45) is 35.5 Å². The highest BCUT2D eigenvalue weighted by atomic mass is 19.4. The smallest absolute Gasteiger partial charge is 0.446 e. The van der Waals surface area contributed by atoms with Gasteiger partial charge >= 0.3 is 30.3 Å². The molecule has 3 N–H and O–H groups in total. The number of alkyl halides is 3. The van der Waals surface area contributed by atoms with Crippen molar-refractivity contribution in [1.29, 1.82) is 0 Å². The van der Waals surface area contributed by atoms with Crippen LogP contribution in [0, 0.1) is 56.3 Å². The van der Waals surface area contributed by atoms with Crippen LogP contribution in [-0.4, -0.2) is 152 Å². The van der Waals surface area contributed by atoms with Crippen molar-refractivity contribution in [3.8, 4) is 17.2 Å². The molecule has 0 bridgehead atoms. The average molecular weight is 1500 g/mol. The minimum atomic E-state index is -4.64. The van der Waals surface area contributed by atoms with E-state index in [1.54, 1.807) is 43.6 Å². The van der Waals surface area contributed by atoms with Crippen LogP contribution in [0.15, 0.2) is 55.0 Å². The quantitative estimate of drug-likeness (QED) is 0.0813. The zero-order valence-corrected chi connectivity index (χ0v) is 63.8. The number of aromatic amines is 1. The Morgan fingerprint density at radius 3 is 1.10 bits per heavy atom. The Labute approximate surface area is 634 Å². The molecule has 3 aliphatic heterocycles. The molecule has 19 nitrogen and oxygen atoms in total. The number of likely N-dealkylation sites (tertiary alicyclic amines) is 3. The number of carbonyl (C=O) groups excluding carboxylic acids is 4. The van der Waals surface area contributed by atoms with Crippen LogP contribution in [0.25, 0.3) is 32.7 Å². The fourth-order valence-corrected chi connectivity index (χ4v) is 17.8. The van der Waals surface area contributed by atoms with Gasteiger partial charge in [-0.05, 0) is 275 Å². The van der Waals surface area contributed by atoms with E-state index in [9.17, 15) is 47.4 Å². The minimum Gasteiger partial charge on any atom is -0.496 e. The van der Waals surface area contributed by atoms with Gasteiger partial charge < -0.3 is 38.9 Å². The molecule has 0 radical (unpaired) electrons. The number of ketones is 1. The molecule has 0 unspecified atom stereocenters. The number of Topliss-reactive ketones (excluding diaryl/α,β-unsaturated/α-hetero) is 1. The predicted octanol–water partition coefficient (Wildman–Crippen LogP) is 19.9. The number of aldehydes is 1. The lowest BCUT2D eigenvalue weighted by molar-refractivity contribution is -0.156. The number of methoxy groups -OCH3 is 3. The van der Waals surface area contributed by atoms with E-state index in [0.717, 1.165) is 190 Å². The maximum atomic E-state index is 13.0. The van der Waals surface area contributed by atoms with Gasteiger partial charge in [0.1, 0.15) is 34.2 Å². The van der Waals surface area contributed by atoms with Gasteiger partial charge in [-0.3, -0.25) is 43.0 Å². The summed E-state index contributed by atoms with van der Waals surface area (Å²) in [5, 5.41) is 22.1. The Balaban J connectivity index is 0.000000240. The van der Waals surface area contributed by atoms with E-state index in [1.165, 1.54) is 67.0 Å². The molecule has 3 aliphatic carbocycles. The summed E-state index contributed by atoms with van der Waals surface area (Å²) >= 11 is 0. The summed E-state index contributed by atoms with van der Waals surface area (Å²) in [5.74, 6) is 3.52. The Morgan fingerprint density at radius 1 is 0.486 bits per heavy atom. The van der Waals surface area contributed by atoms with Crippen molar-refractivity contribution >= 4 is 68.9 Å². The van der Waals surface area contributed by atoms with Crippen LogP contribution in [0.5, 0.6) is 17.2 Å². The molecule has 3 atom stereocenters. The maximum Gasteiger partial charge on any atom is 0.446 e. The van der Waals surface area contributed by atoms with E-state index in [-0.39, 0.29) is 52.2 Å². The van der Waals surface area contributed by atoms with Crippen LogP contribution in [-0.2, 0) is 48.3 Å². The molecular formula is C85H127F3N6O13. The standard InChI is InChI=1S/C29H42N2O4.C28H40N2O5.C23H32N2O3.C2HF3O.3CH4/c1-19-17-26(34-6)24(23-14-16-31(27(19)23)28(33)35-29(3,4)5)18-30-15-8-7-9-25(30)22-12-10-21(11-13-22)20(2)32;1-18-16-24(34-5)22(21-13-15-30(25(18)21)27(33)35-28(2,3)4)17-29-14-7-6-8-23(29)19-9-11-20(12-10-19)26(31)32;1-15-13-21(28-2)19(18-10-11-24-22(15)18)14-25-12-4-3-5-20(25)16-6-8-17(9-7-16)23(26)27;3-2(4,5)1-6;;;/h14,16-17,21-22,25H,7-13,15,18H2,1-6H3;13,15-16,19-20,23H,6-12,14,17H2,1-5H3,(H,31,32);10-11,13,16-17,20,24H,3-9,12,14H2,1-2H3,(H,26,27);1H;3*1H4/t21?,22?,25-;19?,20?,23-;16?,17?,20-;;;;/m000..../s1. The van der Waals surface area contributed by atoms with Gasteiger partial charge in [-0.25, -0.2) is 9.59 Å². The zero-order valence-electron chi connectivity index (χ0n) is 63.8. The number of fused-ring (bicyclic) bond motifs is 3. The summed E-state index contributed by atoms with van der Waals surface area (Å²) in [6.45, 7) is 24.8. The van der Waals surface area contributed by atoms with Crippen LogP contribution >= 0.6 is 0 Å². The molecule has 6 fully saturated rings. The number of H-pyrrole nitrogens is 1. The van der Waals surface area contributed by atoms with Crippen molar-refractivity contribution in [2.45, 2.75) is 281 Å². The van der Waals surface area contributed by atoms with Crippen molar-refractivity contribution in [3.63, 3.8) is 0 Å². The second-order valence-electron chi connectivity index (χ2n) is 32.1. The van der Waals surface area contributed by atoms with Crippen LogP contribution in [0.3, 0.4) is 0 Å². The molecule has 6 aliphatic rings. The van der Waals surface area contributed by atoms with Crippen molar-refractivity contribution in [1.82, 2.24) is 28.8 Å². The maximum absolute atomic E-state index is 13.0. The number of piperidine rings is 3. The largest absolute Gasteiger partial charge is 0.496 e. The first kappa shape index (κ1) is 88.5. The highest BCUT2D eigenvalue weighted by Crippen LogP contribution is 2.44. The van der Waals surface area contributed by atoms with Crippen LogP contribution in [0.1, 0.15) is 239 Å². The number of benzene rings is 3. The molecule has 3 aromatic heterocycles. The van der Waals surface area contributed by atoms with Crippen LogP contribution in [0.4, 0.5) is 22.8 Å². The second-order valence-corrected chi connectivity index (χ2v) is 32.1. The number of carboxylic acid groups (broad SMARTS) is 2. The number of ether oxygens (including phenoxy) is 5. The third kappa shape index (κ3) is 22.4. The summed E-state index contributed by atoms with van der Waals surface area (Å²) in [5.41, 5.74) is 8.52. The number of rotatable bonds is 15. The van der Waals surface area contributed by atoms with Gasteiger partial charge in [0, 0.05) is 101 Å². The number of nitrogens with one attached hydrogen (secondary N) is 1. The number of hydrogen-bond acceptors (Lipinski definition) is 14. The molecule has 0 spiro atoms. The van der Waals surface area contributed by atoms with Crippen LogP contribution in [0.2, 0.25) is 0 Å². The van der Waals surface area contributed by atoms with Gasteiger partial charge in [0.05, 0.1) is 44.2 Å². The third-order valence-corrected chi connectivity index (χ3v) is 22.8. The zero-order chi connectivity index (χ0) is 75.5. The Hall–Kier alpha value is -7.43. The van der Waals surface area contributed by atoms with E-state index in [4.69, 9.17) is 28.5 Å². The first-order valence-corrected chi connectivity index (χ1v) is 38.0. The van der Waals surface area contributed by atoms with Gasteiger partial charge in [0.2, 0.25) is 6.29 Å². The highest BCUT2D eigenvalue weighted by molar-refractivity contribution is 5.96. The molecule has 3 saturated heterocycles. The SMILES string of the molecule is C.C.C.COc1cc(C)c2[nH]ccc2c1CN1CCCC[C@H]1C1CCC(C(=O)O)CC1.COc1cc(C)c2c(ccn2C(=O)OC(C)(C)C)c1CN1CCCC[C@H]1C1CCC(C(=O)O)CC1.COc1cc(C)c2c(ccn2C(=O)OC(C)(C)C)c1CN1CCCC[C@H]1C1CCC(C(C)=O)CC1.O=CC(F)(F)F. The molecule has 0 amide bonds. The van der Waals surface area contributed by atoms with E-state index in [0.29, 0.717) is 41.7 Å². The number of aliphatic carboxylic acids is 2. The van der Waals surface area contributed by atoms with Crippen molar-refractivity contribution in [3.05, 3.63) is 88.4 Å². The number of nitrogens with zero attached hydrogens (tertiary/aromatic N) is 5. The number of aryl methyl sites for hydroxylation is 3. The second kappa shape index (κ2) is 38.8. The Morgan fingerprint density at radius 2 is 0.804 bits per heavy atom. The van der Waals surface area contributed by atoms with Crippen LogP contribution < -0.4 is 14.2 Å². The average Bonchev–Trinajstić information content (AvgIpc) is 1.66. The van der Waals surface area contributed by atoms with E-state index >= 15 is 0 Å². The Bertz CT molecular complexity index is 3760. The van der Waals surface area contributed by atoms with Gasteiger partial charge in [-0.15, -0.1) is 0 Å². The summed E-state index contributed by atoms with van der Waals surface area (Å²) in [7, 11) is 5.19. The molecule has 3 aromatic carbocycles. The lowest BCUT2D eigenvalue weighted by atomic mass is 9.75. The molecule has 107 heavy (non-hydrogen) atoms. The molecule has 596 valence electrons. The number of hydrogen-bond donors (Lipinski definition) is 3. The number of carboxylic acids is 2. The lowest BCUT2D eigenvalue weighted by Crippen LogP contribution is -2.45. The molecule has 3 saturated carbocycles. The Kier molecular flexibility index (Phi) is 32.1. The highest BCUT2D eigenvalue weighted by Gasteiger charge is 2.39. The normalized spacial score (nSPS) is 23.2. The first-order valence-electron chi connectivity index (χ1n) is 38.0. The fraction of sp³-hybridized carbons (Fsp3) is 0.647. The summed E-state index contributed by atoms with van der Waals surface area (Å²) in [6, 6.07) is 14.0.